The van der Waals surface area contributed by atoms with Gasteiger partial charge in [0.15, 0.2) is 6.23 Å². The van der Waals surface area contributed by atoms with Gasteiger partial charge in [0.25, 0.3) is 13.9 Å². The third-order valence-electron chi connectivity index (χ3n) is 7.02. The smallest absolute Gasteiger partial charge is 0.330 e. The highest BCUT2D eigenvalue weighted by Gasteiger charge is 2.52. The number of nitrogens with zero attached hydrogens (tertiary/aromatic N) is 1. The van der Waals surface area contributed by atoms with Crippen molar-refractivity contribution in [1.29, 1.82) is 0 Å². The first-order valence-electron chi connectivity index (χ1n) is 12.7. The maximum atomic E-state index is 12.6. The summed E-state index contributed by atoms with van der Waals surface area (Å²) < 4.78 is 20.1. The van der Waals surface area contributed by atoms with E-state index < -0.39 is 44.1 Å². The van der Waals surface area contributed by atoms with Gasteiger partial charge >= 0.3 is 5.69 Å². The number of H-pyrrole nitrogens is 1. The Kier molecular flexibility index (Phi) is 8.51. The molecule has 1 saturated heterocycles. The molecule has 1 fully saturated rings. The number of nitrogens with one attached hydrogen (secondary N) is 1. The van der Waals surface area contributed by atoms with Gasteiger partial charge in [-0.05, 0) is 22.3 Å². The Labute approximate surface area is 222 Å². The lowest BCUT2D eigenvalue weighted by Gasteiger charge is -2.43. The summed E-state index contributed by atoms with van der Waals surface area (Å²) in [5.41, 5.74) is -0.858. The fraction of sp³-hybridized carbons (Fsp3) is 0.429. The first-order valence-corrected chi connectivity index (χ1v) is 14.6. The van der Waals surface area contributed by atoms with Crippen LogP contribution in [0.2, 0.25) is 5.04 Å². The SMILES string of the molecule is Cc1cn([C@@H]2O[C@H](CO[Si](c3ccccc3)(c3ccccc3)C(C)(C)C)[C@@H](O)[C@H]2OCCO)c(=O)[nH]c1=O. The second kappa shape index (κ2) is 11.5. The molecular weight excluding hydrogens is 504 g/mol. The molecule has 0 unspecified atom stereocenters. The molecule has 0 saturated carbocycles. The number of aryl methyl sites for hydroxylation is 1. The van der Waals surface area contributed by atoms with Crippen LogP contribution < -0.4 is 21.6 Å². The van der Waals surface area contributed by atoms with E-state index in [1.54, 1.807) is 6.92 Å². The van der Waals surface area contributed by atoms with E-state index in [4.69, 9.17) is 13.9 Å². The first-order chi connectivity index (χ1) is 18.1. The largest absolute Gasteiger partial charge is 0.405 e. The van der Waals surface area contributed by atoms with E-state index in [1.165, 1.54) is 10.8 Å². The van der Waals surface area contributed by atoms with Crippen molar-refractivity contribution in [3.8, 4) is 0 Å². The lowest BCUT2D eigenvalue weighted by atomic mass is 10.1. The topological polar surface area (TPSA) is 123 Å². The number of rotatable bonds is 9. The summed E-state index contributed by atoms with van der Waals surface area (Å²) in [5, 5.41) is 22.5. The Morgan fingerprint density at radius 1 is 1.03 bits per heavy atom. The van der Waals surface area contributed by atoms with Gasteiger partial charge in [0.2, 0.25) is 0 Å². The molecule has 204 valence electrons. The molecule has 0 spiro atoms. The van der Waals surface area contributed by atoms with Crippen molar-refractivity contribution >= 4 is 18.7 Å². The van der Waals surface area contributed by atoms with Crippen molar-refractivity contribution in [2.75, 3.05) is 19.8 Å². The molecule has 38 heavy (non-hydrogen) atoms. The van der Waals surface area contributed by atoms with Crippen LogP contribution in [0.4, 0.5) is 0 Å². The van der Waals surface area contributed by atoms with E-state index >= 15 is 0 Å². The minimum atomic E-state index is -2.91. The minimum Gasteiger partial charge on any atom is -0.405 e. The summed E-state index contributed by atoms with van der Waals surface area (Å²) in [5.74, 6) is 0. The number of aromatic amines is 1. The Balaban J connectivity index is 1.72. The predicted molar refractivity (Wildman–Crippen MR) is 146 cm³/mol. The zero-order chi connectivity index (χ0) is 27.5. The van der Waals surface area contributed by atoms with Gasteiger partial charge in [-0.3, -0.25) is 14.3 Å². The number of aliphatic hydroxyl groups is 2. The number of hydrogen-bond donors (Lipinski definition) is 3. The molecule has 2 heterocycles. The van der Waals surface area contributed by atoms with Crippen molar-refractivity contribution < 1.29 is 24.1 Å². The Morgan fingerprint density at radius 3 is 2.13 bits per heavy atom. The molecule has 1 aliphatic heterocycles. The number of aromatic nitrogens is 2. The van der Waals surface area contributed by atoms with Crippen molar-refractivity contribution in [2.24, 2.45) is 0 Å². The maximum Gasteiger partial charge on any atom is 0.330 e. The second-order valence-electron chi connectivity index (χ2n) is 10.6. The molecule has 3 N–H and O–H groups in total. The van der Waals surface area contributed by atoms with E-state index in [0.717, 1.165) is 10.4 Å². The lowest BCUT2D eigenvalue weighted by molar-refractivity contribution is -0.0792. The molecule has 0 aliphatic carbocycles. The standard InChI is InChI=1S/C28H36N2O7Si/c1-19-17-30(27(34)29-25(19)33)26-24(35-16-15-31)23(32)22(37-26)18-36-38(28(2,3)4,20-11-7-5-8-12-20)21-13-9-6-10-14-21/h5-14,17,22-24,26,31-32H,15-16,18H2,1-4H3,(H,29,33,34)/t22-,23-,24-,26-/m1/s1. The summed E-state index contributed by atoms with van der Waals surface area (Å²) in [6.45, 7) is 7.77. The van der Waals surface area contributed by atoms with Gasteiger partial charge in [0.1, 0.15) is 18.3 Å². The summed E-state index contributed by atoms with van der Waals surface area (Å²) in [7, 11) is -2.91. The van der Waals surface area contributed by atoms with Crippen molar-refractivity contribution in [3.63, 3.8) is 0 Å². The molecule has 1 aliphatic rings. The van der Waals surface area contributed by atoms with Crippen LogP contribution in [0.15, 0.2) is 76.4 Å². The number of benzene rings is 2. The van der Waals surface area contributed by atoms with E-state index in [0.29, 0.717) is 5.56 Å². The average molecular weight is 541 g/mol. The van der Waals surface area contributed by atoms with Crippen LogP contribution in [0.1, 0.15) is 32.6 Å². The van der Waals surface area contributed by atoms with E-state index in [9.17, 15) is 19.8 Å². The van der Waals surface area contributed by atoms with E-state index in [-0.39, 0.29) is 24.9 Å². The molecule has 10 heteroatoms. The molecule has 0 bridgehead atoms. The van der Waals surface area contributed by atoms with Gasteiger partial charge in [-0.15, -0.1) is 0 Å². The summed E-state index contributed by atoms with van der Waals surface area (Å²) >= 11 is 0. The van der Waals surface area contributed by atoms with Crippen LogP contribution in [-0.4, -0.2) is 66.2 Å². The molecular formula is C28H36N2O7Si. The molecule has 1 aromatic heterocycles. The highest BCUT2D eigenvalue weighted by Crippen LogP contribution is 2.38. The first kappa shape index (κ1) is 28.2. The molecule has 3 aromatic rings. The van der Waals surface area contributed by atoms with Crippen LogP contribution >= 0.6 is 0 Å². The highest BCUT2D eigenvalue weighted by molar-refractivity contribution is 6.99. The lowest BCUT2D eigenvalue weighted by Crippen LogP contribution is -2.67. The number of hydrogen-bond acceptors (Lipinski definition) is 7. The summed E-state index contributed by atoms with van der Waals surface area (Å²) in [6, 6.07) is 20.2. The molecule has 0 amide bonds. The molecule has 4 atom stereocenters. The number of ether oxygens (including phenoxy) is 2. The molecule has 4 rings (SSSR count). The maximum absolute atomic E-state index is 12.6. The van der Waals surface area contributed by atoms with Crippen LogP contribution in [0.3, 0.4) is 0 Å². The summed E-state index contributed by atoms with van der Waals surface area (Å²) in [6.07, 6.45) is -2.57. The van der Waals surface area contributed by atoms with Gasteiger partial charge < -0.3 is 24.1 Å². The van der Waals surface area contributed by atoms with Crippen LogP contribution in [0, 0.1) is 6.92 Å². The Bertz CT molecular complexity index is 1280. The highest BCUT2D eigenvalue weighted by atomic mass is 28.4. The van der Waals surface area contributed by atoms with Gasteiger partial charge in [-0.2, -0.15) is 0 Å². The van der Waals surface area contributed by atoms with Crippen LogP contribution in [-0.2, 0) is 13.9 Å². The predicted octanol–water partition coefficient (Wildman–Crippen LogP) is 1.06. The van der Waals surface area contributed by atoms with E-state index in [1.807, 2.05) is 36.4 Å². The number of aliphatic hydroxyl groups excluding tert-OH is 2. The van der Waals surface area contributed by atoms with Crippen LogP contribution in [0.25, 0.3) is 0 Å². The minimum absolute atomic E-state index is 0.0427. The molecule has 2 aromatic carbocycles. The van der Waals surface area contributed by atoms with Gasteiger partial charge in [-0.1, -0.05) is 81.4 Å². The average Bonchev–Trinajstić information content (AvgIpc) is 3.20. The summed E-state index contributed by atoms with van der Waals surface area (Å²) in [4.78, 5) is 26.8. The monoisotopic (exact) mass is 540 g/mol. The van der Waals surface area contributed by atoms with Gasteiger partial charge in [0, 0.05) is 11.8 Å². The molecule has 9 nitrogen and oxygen atoms in total. The van der Waals surface area contributed by atoms with E-state index in [2.05, 4.69) is 50.0 Å². The fourth-order valence-corrected chi connectivity index (χ4v) is 9.76. The zero-order valence-electron chi connectivity index (χ0n) is 22.2. The van der Waals surface area contributed by atoms with Gasteiger partial charge in [0.05, 0.1) is 19.8 Å². The fourth-order valence-electron chi connectivity index (χ4n) is 5.19. The third kappa shape index (κ3) is 5.33. The Morgan fingerprint density at radius 2 is 1.61 bits per heavy atom. The zero-order valence-corrected chi connectivity index (χ0v) is 23.2. The second-order valence-corrected chi connectivity index (χ2v) is 14.9. The van der Waals surface area contributed by atoms with Crippen molar-refractivity contribution in [3.05, 3.63) is 93.3 Å². The molecule has 0 radical (unpaired) electrons. The quantitative estimate of drug-likeness (QED) is 0.347. The normalized spacial score (nSPS) is 22.1. The van der Waals surface area contributed by atoms with Crippen molar-refractivity contribution in [2.45, 2.75) is 57.3 Å². The van der Waals surface area contributed by atoms with Crippen molar-refractivity contribution in [1.82, 2.24) is 9.55 Å². The third-order valence-corrected chi connectivity index (χ3v) is 12.0. The van der Waals surface area contributed by atoms with Crippen LogP contribution in [0.5, 0.6) is 0 Å². The Hall–Kier alpha value is -2.86. The van der Waals surface area contributed by atoms with Gasteiger partial charge in [-0.25, -0.2) is 4.79 Å².